The summed E-state index contributed by atoms with van der Waals surface area (Å²) in [6.45, 7) is 4.53. The maximum absolute atomic E-state index is 13.0. The van der Waals surface area contributed by atoms with Crippen molar-refractivity contribution >= 4 is 27.5 Å². The fraction of sp³-hybridized carbons (Fsp3) is 0.350. The topological polar surface area (TPSA) is 64.1 Å². The van der Waals surface area contributed by atoms with Crippen LogP contribution in [0, 0.1) is 20.8 Å². The molecule has 0 bridgehead atoms. The minimum Gasteiger partial charge on any atom is -0.434 e. The van der Waals surface area contributed by atoms with Gasteiger partial charge in [0.05, 0.1) is 10.9 Å². The molecule has 0 saturated heterocycles. The third-order valence-corrected chi connectivity index (χ3v) is 5.70. The van der Waals surface area contributed by atoms with Crippen LogP contribution in [0.4, 0.5) is 8.78 Å². The summed E-state index contributed by atoms with van der Waals surface area (Å²) >= 11 is 1.31. The number of aryl methyl sites for hydroxylation is 3. The van der Waals surface area contributed by atoms with Gasteiger partial charge in [-0.15, -0.1) is 11.3 Å². The predicted molar refractivity (Wildman–Crippen MR) is 105 cm³/mol. The summed E-state index contributed by atoms with van der Waals surface area (Å²) in [6, 6.07) is 6.05. The second-order valence-corrected chi connectivity index (χ2v) is 7.44. The average Bonchev–Trinajstić information content (AvgIpc) is 2.96. The molecule has 3 rings (SSSR count). The van der Waals surface area contributed by atoms with Gasteiger partial charge < -0.3 is 10.1 Å². The average molecular weight is 405 g/mol. The number of benzene rings is 1. The van der Waals surface area contributed by atoms with E-state index < -0.39 is 12.7 Å². The number of thiophene rings is 1. The molecule has 1 atom stereocenters. The number of aromatic nitrogens is 2. The van der Waals surface area contributed by atoms with Crippen molar-refractivity contribution < 1.29 is 18.3 Å². The van der Waals surface area contributed by atoms with Crippen molar-refractivity contribution in [2.75, 3.05) is 0 Å². The zero-order chi connectivity index (χ0) is 20.4. The van der Waals surface area contributed by atoms with Gasteiger partial charge in [-0.25, -0.2) is 9.97 Å². The van der Waals surface area contributed by atoms with Crippen LogP contribution >= 0.6 is 11.3 Å². The van der Waals surface area contributed by atoms with Crippen molar-refractivity contribution in [3.63, 3.8) is 0 Å². The fourth-order valence-corrected chi connectivity index (χ4v) is 4.47. The molecule has 2 aromatic heterocycles. The van der Waals surface area contributed by atoms with Gasteiger partial charge in [0.25, 0.3) is 5.91 Å². The first kappa shape index (κ1) is 20.1. The van der Waals surface area contributed by atoms with Gasteiger partial charge >= 0.3 is 6.61 Å². The molecule has 0 aliphatic carbocycles. The van der Waals surface area contributed by atoms with E-state index >= 15 is 0 Å². The molecular weight excluding hydrogens is 384 g/mol. The monoisotopic (exact) mass is 405 g/mol. The fourth-order valence-electron chi connectivity index (χ4n) is 3.29. The van der Waals surface area contributed by atoms with Crippen molar-refractivity contribution in [3.8, 4) is 5.75 Å². The highest BCUT2D eigenvalue weighted by atomic mass is 32.1. The number of hydrogen-bond donors (Lipinski definition) is 1. The Morgan fingerprint density at radius 1 is 1.21 bits per heavy atom. The van der Waals surface area contributed by atoms with E-state index in [-0.39, 0.29) is 11.7 Å². The Labute approximate surface area is 165 Å². The number of para-hydroxylation sites is 1. The highest BCUT2D eigenvalue weighted by Gasteiger charge is 2.23. The van der Waals surface area contributed by atoms with Gasteiger partial charge in [0.2, 0.25) is 0 Å². The van der Waals surface area contributed by atoms with E-state index in [2.05, 4.69) is 20.0 Å². The molecule has 1 aromatic carbocycles. The number of alkyl halides is 2. The molecule has 0 fully saturated rings. The normalized spacial score (nSPS) is 12.4. The molecule has 5 nitrogen and oxygen atoms in total. The number of halogens is 2. The summed E-state index contributed by atoms with van der Waals surface area (Å²) in [5.41, 5.74) is 2.17. The first-order valence-corrected chi connectivity index (χ1v) is 9.72. The first-order valence-electron chi connectivity index (χ1n) is 8.90. The Morgan fingerprint density at radius 3 is 2.61 bits per heavy atom. The minimum absolute atomic E-state index is 0.0649. The van der Waals surface area contributed by atoms with Crippen LogP contribution in [0.1, 0.15) is 51.7 Å². The van der Waals surface area contributed by atoms with Gasteiger partial charge in [0, 0.05) is 16.6 Å². The molecule has 8 heteroatoms. The number of carbonyl (C=O) groups is 1. The van der Waals surface area contributed by atoms with Crippen molar-refractivity contribution in [2.24, 2.45) is 0 Å². The number of carbonyl (C=O) groups excluding carboxylic acids is 1. The number of rotatable bonds is 6. The Morgan fingerprint density at radius 2 is 1.93 bits per heavy atom. The first-order chi connectivity index (χ1) is 13.3. The second-order valence-electron chi connectivity index (χ2n) is 6.44. The number of nitrogens with zero attached hydrogens (tertiary/aromatic N) is 2. The Hall–Kier alpha value is -2.61. The van der Waals surface area contributed by atoms with Gasteiger partial charge in [-0.3, -0.25) is 4.79 Å². The largest absolute Gasteiger partial charge is 0.434 e. The lowest BCUT2D eigenvalue weighted by Crippen LogP contribution is -2.28. The zero-order valence-electron chi connectivity index (χ0n) is 16.0. The summed E-state index contributed by atoms with van der Waals surface area (Å²) in [4.78, 5) is 23.1. The molecule has 0 aliphatic heterocycles. The van der Waals surface area contributed by atoms with E-state index in [4.69, 9.17) is 0 Å². The van der Waals surface area contributed by atoms with Crippen molar-refractivity contribution in [1.29, 1.82) is 0 Å². The van der Waals surface area contributed by atoms with Crippen LogP contribution in [-0.2, 0) is 0 Å². The van der Waals surface area contributed by atoms with Crippen LogP contribution in [0.15, 0.2) is 24.3 Å². The van der Waals surface area contributed by atoms with Crippen LogP contribution in [-0.4, -0.2) is 22.5 Å². The molecule has 3 aromatic rings. The van der Waals surface area contributed by atoms with Crippen LogP contribution in [0.3, 0.4) is 0 Å². The molecule has 1 amide bonds. The van der Waals surface area contributed by atoms with E-state index in [9.17, 15) is 13.6 Å². The minimum atomic E-state index is -2.93. The summed E-state index contributed by atoms with van der Waals surface area (Å²) in [7, 11) is 0. The quantitative estimate of drug-likeness (QED) is 0.620. The highest BCUT2D eigenvalue weighted by Crippen LogP contribution is 2.33. The standard InChI is InChI=1S/C20H21F2N3O2S/c1-5-14(13-8-6-7-9-15(13)27-20(21)22)25-18(26)17-10(2)16-11(3)23-12(4)24-19(16)28-17/h6-9,14,20H,5H2,1-4H3,(H,25,26). The lowest BCUT2D eigenvalue weighted by Gasteiger charge is -2.20. The molecule has 148 valence electrons. The van der Waals surface area contributed by atoms with E-state index in [0.29, 0.717) is 22.7 Å². The predicted octanol–water partition coefficient (Wildman–Crippen LogP) is 5.10. The Bertz CT molecular complexity index is 1020. The highest BCUT2D eigenvalue weighted by molar-refractivity contribution is 7.20. The van der Waals surface area contributed by atoms with Gasteiger partial charge in [-0.1, -0.05) is 25.1 Å². The summed E-state index contributed by atoms with van der Waals surface area (Å²) < 4.78 is 30.0. The number of amides is 1. The van der Waals surface area contributed by atoms with E-state index in [1.165, 1.54) is 17.4 Å². The summed E-state index contributed by atoms with van der Waals surface area (Å²) in [6.07, 6.45) is 0.525. The lowest BCUT2D eigenvalue weighted by atomic mass is 10.0. The number of fused-ring (bicyclic) bond motifs is 1. The molecule has 0 spiro atoms. The van der Waals surface area contributed by atoms with Gasteiger partial charge in [-0.2, -0.15) is 8.78 Å². The van der Waals surface area contributed by atoms with Gasteiger partial charge in [0.1, 0.15) is 16.4 Å². The Kier molecular flexibility index (Phi) is 5.88. The molecular formula is C20H21F2N3O2S. The van der Waals surface area contributed by atoms with Gasteiger partial charge in [-0.05, 0) is 38.8 Å². The summed E-state index contributed by atoms with van der Waals surface area (Å²) in [5.74, 6) is 0.453. The third kappa shape index (κ3) is 3.96. The SMILES string of the molecule is CCC(NC(=O)c1sc2nc(C)nc(C)c2c1C)c1ccccc1OC(F)F. The van der Waals surface area contributed by atoms with E-state index in [1.807, 2.05) is 27.7 Å². The maximum atomic E-state index is 13.0. The summed E-state index contributed by atoms with van der Waals surface area (Å²) in [5, 5.41) is 3.83. The molecule has 1 unspecified atom stereocenters. The van der Waals surface area contributed by atoms with Crippen LogP contribution in [0.25, 0.3) is 10.2 Å². The van der Waals surface area contributed by atoms with Gasteiger partial charge in [0.15, 0.2) is 0 Å². The van der Waals surface area contributed by atoms with Crippen molar-refractivity contribution in [3.05, 3.63) is 51.8 Å². The zero-order valence-corrected chi connectivity index (χ0v) is 16.9. The maximum Gasteiger partial charge on any atom is 0.387 e. The van der Waals surface area contributed by atoms with E-state index in [1.54, 1.807) is 18.2 Å². The lowest BCUT2D eigenvalue weighted by molar-refractivity contribution is -0.0506. The second kappa shape index (κ2) is 8.18. The van der Waals surface area contributed by atoms with Crippen LogP contribution < -0.4 is 10.1 Å². The Balaban J connectivity index is 1.93. The molecule has 28 heavy (non-hydrogen) atoms. The molecule has 0 radical (unpaired) electrons. The van der Waals surface area contributed by atoms with E-state index in [0.717, 1.165) is 21.5 Å². The smallest absolute Gasteiger partial charge is 0.387 e. The van der Waals surface area contributed by atoms with Crippen molar-refractivity contribution in [2.45, 2.75) is 46.8 Å². The van der Waals surface area contributed by atoms with Crippen molar-refractivity contribution in [1.82, 2.24) is 15.3 Å². The molecule has 1 N–H and O–H groups in total. The van der Waals surface area contributed by atoms with Crippen LogP contribution in [0.5, 0.6) is 5.75 Å². The number of hydrogen-bond acceptors (Lipinski definition) is 5. The molecule has 0 saturated carbocycles. The third-order valence-electron chi connectivity index (χ3n) is 4.51. The molecule has 0 aliphatic rings. The van der Waals surface area contributed by atoms with Crippen LogP contribution in [0.2, 0.25) is 0 Å². The number of nitrogens with one attached hydrogen (secondary N) is 1. The molecule has 2 heterocycles. The number of ether oxygens (including phenoxy) is 1.